The maximum Gasteiger partial charge on any atom is 0.142 e. The lowest BCUT2D eigenvalue weighted by molar-refractivity contribution is -0.0263. The number of methoxy groups -OCH3 is 2. The molecular weight excluding hydrogens is 322 g/mol. The largest absolute Gasteiger partial charge is 0.495 e. The van der Waals surface area contributed by atoms with E-state index in [1.54, 1.807) is 14.2 Å². The Balaban J connectivity index is 2.35. The number of nitrogens with zero attached hydrogens (tertiary/aromatic N) is 1. The van der Waals surface area contributed by atoms with E-state index < -0.39 is 5.60 Å². The van der Waals surface area contributed by atoms with E-state index in [2.05, 4.69) is 27.8 Å². The molecule has 0 aromatic heterocycles. The average Bonchev–Trinajstić information content (AvgIpc) is 2.47. The Bertz CT molecular complexity index is 470. The van der Waals surface area contributed by atoms with Gasteiger partial charge < -0.3 is 19.5 Å². The van der Waals surface area contributed by atoms with Crippen LogP contribution in [0.25, 0.3) is 0 Å². The molecule has 2 rings (SSSR count). The molecule has 0 amide bonds. The molecule has 0 saturated carbocycles. The second-order valence-corrected chi connectivity index (χ2v) is 5.92. The highest BCUT2D eigenvalue weighted by Crippen LogP contribution is 2.44. The van der Waals surface area contributed by atoms with Crippen LogP contribution in [0.1, 0.15) is 25.3 Å². The topological polar surface area (TPSA) is 41.9 Å². The molecule has 0 bridgehead atoms. The van der Waals surface area contributed by atoms with E-state index in [1.807, 2.05) is 12.1 Å². The number of benzene rings is 1. The fourth-order valence-electron chi connectivity index (χ4n) is 2.77. The molecule has 1 heterocycles. The van der Waals surface area contributed by atoms with Crippen molar-refractivity contribution >= 4 is 15.9 Å². The van der Waals surface area contributed by atoms with Gasteiger partial charge in [0.05, 0.1) is 19.8 Å². The van der Waals surface area contributed by atoms with Crippen molar-refractivity contribution in [3.63, 3.8) is 0 Å². The normalized spacial score (nSPS) is 18.9. The van der Waals surface area contributed by atoms with E-state index in [0.29, 0.717) is 11.5 Å². The van der Waals surface area contributed by atoms with Crippen LogP contribution in [0.2, 0.25) is 0 Å². The van der Waals surface area contributed by atoms with Crippen LogP contribution in [0.15, 0.2) is 16.6 Å². The lowest BCUT2D eigenvalue weighted by Crippen LogP contribution is -2.42. The van der Waals surface area contributed by atoms with E-state index >= 15 is 0 Å². The minimum absolute atomic E-state index is 0.664. The predicted molar refractivity (Wildman–Crippen MR) is 82.5 cm³/mol. The van der Waals surface area contributed by atoms with Gasteiger partial charge in [-0.1, -0.05) is 6.92 Å². The molecule has 112 valence electrons. The molecule has 1 aromatic rings. The van der Waals surface area contributed by atoms with E-state index in [4.69, 9.17) is 9.47 Å². The summed E-state index contributed by atoms with van der Waals surface area (Å²) in [5.41, 5.74) is 0.00893. The van der Waals surface area contributed by atoms with Crippen molar-refractivity contribution in [1.29, 1.82) is 0 Å². The molecule has 1 saturated heterocycles. The molecule has 1 fully saturated rings. The SMILES string of the molecule is CCN1CCC(O)(c2ccc(OC)c(Br)c2OC)CC1. The molecule has 0 unspecified atom stereocenters. The van der Waals surface area contributed by atoms with Gasteiger partial charge in [0, 0.05) is 18.7 Å². The van der Waals surface area contributed by atoms with Crippen molar-refractivity contribution in [2.24, 2.45) is 0 Å². The van der Waals surface area contributed by atoms with Crippen LogP contribution in [-0.4, -0.2) is 43.9 Å². The molecule has 0 atom stereocenters. The number of piperidine rings is 1. The molecule has 1 aromatic carbocycles. The van der Waals surface area contributed by atoms with Gasteiger partial charge in [-0.05, 0) is 47.4 Å². The monoisotopic (exact) mass is 343 g/mol. The molecule has 0 spiro atoms. The van der Waals surface area contributed by atoms with Crippen LogP contribution in [0, 0.1) is 0 Å². The number of rotatable bonds is 4. The van der Waals surface area contributed by atoms with E-state index in [0.717, 1.165) is 42.5 Å². The number of halogens is 1. The summed E-state index contributed by atoms with van der Waals surface area (Å²) in [6.07, 6.45) is 1.44. The van der Waals surface area contributed by atoms with Gasteiger partial charge in [-0.25, -0.2) is 0 Å². The quantitative estimate of drug-likeness (QED) is 0.912. The first-order chi connectivity index (χ1) is 9.55. The summed E-state index contributed by atoms with van der Waals surface area (Å²) in [6, 6.07) is 3.77. The average molecular weight is 344 g/mol. The van der Waals surface area contributed by atoms with Crippen LogP contribution < -0.4 is 9.47 Å². The maximum absolute atomic E-state index is 11.0. The summed E-state index contributed by atoms with van der Waals surface area (Å²) in [7, 11) is 3.24. The van der Waals surface area contributed by atoms with Gasteiger partial charge in [-0.3, -0.25) is 0 Å². The van der Waals surface area contributed by atoms with Crippen LogP contribution >= 0.6 is 15.9 Å². The summed E-state index contributed by atoms with van der Waals surface area (Å²) in [4.78, 5) is 2.35. The van der Waals surface area contributed by atoms with Crippen molar-refractivity contribution in [2.45, 2.75) is 25.4 Å². The van der Waals surface area contributed by atoms with Gasteiger partial charge in [-0.15, -0.1) is 0 Å². The Labute approximate surface area is 128 Å². The molecule has 1 aliphatic rings. The summed E-state index contributed by atoms with van der Waals surface area (Å²) >= 11 is 3.50. The van der Waals surface area contributed by atoms with Crippen molar-refractivity contribution in [3.8, 4) is 11.5 Å². The van der Waals surface area contributed by atoms with Gasteiger partial charge in [0.25, 0.3) is 0 Å². The zero-order valence-electron chi connectivity index (χ0n) is 12.3. The van der Waals surface area contributed by atoms with Crippen LogP contribution in [0.4, 0.5) is 0 Å². The second-order valence-electron chi connectivity index (χ2n) is 5.13. The number of hydrogen-bond donors (Lipinski definition) is 1. The summed E-state index contributed by atoms with van der Waals surface area (Å²) in [6.45, 7) is 4.98. The molecule has 1 N–H and O–H groups in total. The Morgan fingerprint density at radius 2 is 1.90 bits per heavy atom. The lowest BCUT2D eigenvalue weighted by Gasteiger charge is -2.38. The minimum atomic E-state index is -0.828. The molecule has 0 radical (unpaired) electrons. The fraction of sp³-hybridized carbons (Fsp3) is 0.600. The molecular formula is C15H22BrNO3. The Morgan fingerprint density at radius 3 is 2.40 bits per heavy atom. The predicted octanol–water partition coefficient (Wildman–Crippen LogP) is 2.77. The highest BCUT2D eigenvalue weighted by molar-refractivity contribution is 9.10. The number of ether oxygens (including phenoxy) is 2. The molecule has 0 aliphatic carbocycles. The lowest BCUT2D eigenvalue weighted by atomic mass is 9.84. The Kier molecular flexibility index (Phi) is 4.94. The fourth-order valence-corrected chi connectivity index (χ4v) is 3.44. The summed E-state index contributed by atoms with van der Waals surface area (Å²) in [5, 5.41) is 11.0. The maximum atomic E-state index is 11.0. The third-order valence-electron chi connectivity index (χ3n) is 4.12. The summed E-state index contributed by atoms with van der Waals surface area (Å²) in [5.74, 6) is 1.37. The van der Waals surface area contributed by atoms with E-state index in [9.17, 15) is 5.11 Å². The third-order valence-corrected chi connectivity index (χ3v) is 4.87. The first kappa shape index (κ1) is 15.6. The van der Waals surface area contributed by atoms with Gasteiger partial charge in [0.2, 0.25) is 0 Å². The second kappa shape index (κ2) is 6.33. The van der Waals surface area contributed by atoms with Crippen LogP contribution in [0.3, 0.4) is 0 Å². The zero-order chi connectivity index (χ0) is 14.8. The molecule has 1 aliphatic heterocycles. The number of likely N-dealkylation sites (tertiary alicyclic amines) is 1. The van der Waals surface area contributed by atoms with Crippen molar-refractivity contribution in [1.82, 2.24) is 4.90 Å². The highest BCUT2D eigenvalue weighted by atomic mass is 79.9. The van der Waals surface area contributed by atoms with E-state index in [-0.39, 0.29) is 0 Å². The minimum Gasteiger partial charge on any atom is -0.495 e. The number of aliphatic hydroxyl groups is 1. The zero-order valence-corrected chi connectivity index (χ0v) is 13.9. The van der Waals surface area contributed by atoms with Gasteiger partial charge in [-0.2, -0.15) is 0 Å². The molecule has 20 heavy (non-hydrogen) atoms. The van der Waals surface area contributed by atoms with Crippen molar-refractivity contribution < 1.29 is 14.6 Å². The first-order valence-corrected chi connectivity index (χ1v) is 7.70. The van der Waals surface area contributed by atoms with E-state index in [1.165, 1.54) is 0 Å². The van der Waals surface area contributed by atoms with Gasteiger partial charge in [0.15, 0.2) is 0 Å². The van der Waals surface area contributed by atoms with Gasteiger partial charge >= 0.3 is 0 Å². The highest BCUT2D eigenvalue weighted by Gasteiger charge is 2.36. The summed E-state index contributed by atoms with van der Waals surface area (Å²) < 4.78 is 11.5. The molecule has 4 nitrogen and oxygen atoms in total. The smallest absolute Gasteiger partial charge is 0.142 e. The standard InChI is InChI=1S/C15H22BrNO3/c1-4-17-9-7-15(18,8-10-17)11-5-6-12(19-2)13(16)14(11)20-3/h5-6,18H,4,7-10H2,1-3H3. The first-order valence-electron chi connectivity index (χ1n) is 6.91. The third kappa shape index (κ3) is 2.80. The van der Waals surface area contributed by atoms with Crippen LogP contribution in [-0.2, 0) is 5.60 Å². The Hall–Kier alpha value is -0.780. The Morgan fingerprint density at radius 1 is 1.25 bits per heavy atom. The number of hydrogen-bond acceptors (Lipinski definition) is 4. The van der Waals surface area contributed by atoms with Gasteiger partial charge in [0.1, 0.15) is 16.0 Å². The molecule has 5 heteroatoms. The van der Waals surface area contributed by atoms with Crippen molar-refractivity contribution in [3.05, 3.63) is 22.2 Å². The van der Waals surface area contributed by atoms with Crippen LogP contribution in [0.5, 0.6) is 11.5 Å². The van der Waals surface area contributed by atoms with Crippen molar-refractivity contribution in [2.75, 3.05) is 33.9 Å².